The van der Waals surface area contributed by atoms with Crippen LogP contribution in [0.4, 0.5) is 5.69 Å². The van der Waals surface area contributed by atoms with E-state index in [0.717, 1.165) is 30.0 Å². The van der Waals surface area contributed by atoms with Crippen LogP contribution in [0.15, 0.2) is 59.6 Å². The van der Waals surface area contributed by atoms with Gasteiger partial charge in [0.05, 0.1) is 5.69 Å². The Morgan fingerprint density at radius 3 is 2.53 bits per heavy atom. The van der Waals surface area contributed by atoms with Crippen LogP contribution in [0.1, 0.15) is 37.0 Å². The van der Waals surface area contributed by atoms with E-state index < -0.39 is 0 Å². The van der Waals surface area contributed by atoms with Gasteiger partial charge in [-0.25, -0.2) is 4.99 Å². The van der Waals surface area contributed by atoms with Crippen molar-refractivity contribution in [2.45, 2.75) is 25.9 Å². The van der Waals surface area contributed by atoms with Gasteiger partial charge in [0.25, 0.3) is 0 Å². The first-order valence-corrected chi connectivity index (χ1v) is 6.78. The van der Waals surface area contributed by atoms with Crippen molar-refractivity contribution in [1.82, 2.24) is 0 Å². The predicted octanol–water partition coefficient (Wildman–Crippen LogP) is 4.64. The fourth-order valence-corrected chi connectivity index (χ4v) is 2.39. The molecule has 0 saturated carbocycles. The molecule has 0 saturated heterocycles. The lowest BCUT2D eigenvalue weighted by molar-refractivity contribution is 0.177. The van der Waals surface area contributed by atoms with Crippen LogP contribution in [-0.4, -0.2) is 5.90 Å². The molecule has 0 fully saturated rings. The van der Waals surface area contributed by atoms with Crippen molar-refractivity contribution in [2.24, 2.45) is 4.99 Å². The average molecular weight is 251 g/mol. The zero-order chi connectivity index (χ0) is 13.1. The molecule has 1 heterocycles. The van der Waals surface area contributed by atoms with Gasteiger partial charge in [-0.05, 0) is 24.6 Å². The van der Waals surface area contributed by atoms with Crippen molar-refractivity contribution >= 4 is 11.6 Å². The fourth-order valence-electron chi connectivity index (χ4n) is 2.39. The van der Waals surface area contributed by atoms with E-state index in [1.165, 1.54) is 5.56 Å². The summed E-state index contributed by atoms with van der Waals surface area (Å²) in [7, 11) is 0. The largest absolute Gasteiger partial charge is 0.469 e. The number of nitrogens with zero attached hydrogens (tertiary/aromatic N) is 1. The normalized spacial score (nSPS) is 17.3. The quantitative estimate of drug-likeness (QED) is 0.779. The summed E-state index contributed by atoms with van der Waals surface area (Å²) in [6, 6.07) is 18.3. The molecule has 1 aliphatic rings. The van der Waals surface area contributed by atoms with Crippen molar-refractivity contribution < 1.29 is 4.74 Å². The molecular formula is C17H17NO. The second-order valence-electron chi connectivity index (χ2n) is 4.74. The molecule has 0 spiro atoms. The molecule has 1 unspecified atom stereocenters. The van der Waals surface area contributed by atoms with E-state index in [9.17, 15) is 0 Å². The van der Waals surface area contributed by atoms with Crippen molar-refractivity contribution in [3.8, 4) is 0 Å². The first-order valence-electron chi connectivity index (χ1n) is 6.78. The summed E-state index contributed by atoms with van der Waals surface area (Å²) in [5, 5.41) is 0. The minimum absolute atomic E-state index is 0.119. The van der Waals surface area contributed by atoms with E-state index in [1.54, 1.807) is 0 Å². The highest BCUT2D eigenvalue weighted by Gasteiger charge is 2.23. The maximum atomic E-state index is 6.09. The molecule has 1 atom stereocenters. The highest BCUT2D eigenvalue weighted by atomic mass is 16.5. The molecule has 0 amide bonds. The van der Waals surface area contributed by atoms with Gasteiger partial charge in [0.1, 0.15) is 6.10 Å². The lowest BCUT2D eigenvalue weighted by atomic mass is 10.0. The third kappa shape index (κ3) is 2.39. The van der Waals surface area contributed by atoms with Gasteiger partial charge < -0.3 is 4.74 Å². The zero-order valence-corrected chi connectivity index (χ0v) is 11.0. The van der Waals surface area contributed by atoms with Crippen LogP contribution >= 0.6 is 0 Å². The van der Waals surface area contributed by atoms with Crippen LogP contribution in [0.5, 0.6) is 0 Å². The minimum Gasteiger partial charge on any atom is -0.469 e. The zero-order valence-electron chi connectivity index (χ0n) is 11.0. The molecule has 2 heteroatoms. The molecule has 0 bridgehead atoms. The third-order valence-corrected chi connectivity index (χ3v) is 3.33. The van der Waals surface area contributed by atoms with Crippen LogP contribution < -0.4 is 0 Å². The van der Waals surface area contributed by atoms with Crippen LogP contribution in [0.25, 0.3) is 0 Å². The molecule has 3 rings (SSSR count). The van der Waals surface area contributed by atoms with Crippen molar-refractivity contribution in [3.63, 3.8) is 0 Å². The number of para-hydroxylation sites is 1. The standard InChI is InChI=1S/C17H17NO/c1-2-8-16-14-11-6-7-12-15(14)18-17(19-16)13-9-4-3-5-10-13/h3-7,9-12,16H,2,8H2,1H3. The van der Waals surface area contributed by atoms with Gasteiger partial charge in [0.2, 0.25) is 5.90 Å². The van der Waals surface area contributed by atoms with Gasteiger partial charge >= 0.3 is 0 Å². The SMILES string of the molecule is CCCC1OC(c2ccccc2)=Nc2ccccc21. The van der Waals surface area contributed by atoms with Crippen molar-refractivity contribution in [2.75, 3.05) is 0 Å². The smallest absolute Gasteiger partial charge is 0.221 e. The molecule has 2 nitrogen and oxygen atoms in total. The lowest BCUT2D eigenvalue weighted by Gasteiger charge is -2.25. The van der Waals surface area contributed by atoms with Crippen LogP contribution in [0, 0.1) is 0 Å². The molecule has 1 aliphatic heterocycles. The van der Waals surface area contributed by atoms with E-state index in [2.05, 4.69) is 24.0 Å². The van der Waals surface area contributed by atoms with E-state index in [0.29, 0.717) is 0 Å². The summed E-state index contributed by atoms with van der Waals surface area (Å²) in [5.41, 5.74) is 3.27. The average Bonchev–Trinajstić information content (AvgIpc) is 2.48. The highest BCUT2D eigenvalue weighted by Crippen LogP contribution is 2.36. The van der Waals surface area contributed by atoms with Gasteiger partial charge in [0, 0.05) is 11.1 Å². The van der Waals surface area contributed by atoms with Gasteiger partial charge in [-0.3, -0.25) is 0 Å². The summed E-state index contributed by atoms with van der Waals surface area (Å²) < 4.78 is 6.09. The molecule has 0 aliphatic carbocycles. The monoisotopic (exact) mass is 251 g/mol. The Hall–Kier alpha value is -2.09. The number of benzene rings is 2. The molecule has 2 aromatic rings. The van der Waals surface area contributed by atoms with Gasteiger partial charge in [0.15, 0.2) is 0 Å². The molecule has 0 radical (unpaired) electrons. The summed E-state index contributed by atoms with van der Waals surface area (Å²) >= 11 is 0. The third-order valence-electron chi connectivity index (χ3n) is 3.33. The molecule has 0 N–H and O–H groups in total. The Labute approximate surface area is 113 Å². The number of hydrogen-bond acceptors (Lipinski definition) is 2. The summed E-state index contributed by atoms with van der Waals surface area (Å²) in [6.45, 7) is 2.18. The predicted molar refractivity (Wildman–Crippen MR) is 77.8 cm³/mol. The Kier molecular flexibility index (Phi) is 3.32. The van der Waals surface area contributed by atoms with Crippen LogP contribution in [0.3, 0.4) is 0 Å². The topological polar surface area (TPSA) is 21.6 Å². The summed E-state index contributed by atoms with van der Waals surface area (Å²) in [5.74, 6) is 0.734. The first-order chi connectivity index (χ1) is 9.38. The second kappa shape index (κ2) is 5.27. The van der Waals surface area contributed by atoms with E-state index in [4.69, 9.17) is 4.74 Å². The van der Waals surface area contributed by atoms with Gasteiger partial charge in [-0.1, -0.05) is 49.7 Å². The molecular weight excluding hydrogens is 234 g/mol. The molecule has 96 valence electrons. The maximum Gasteiger partial charge on any atom is 0.221 e. The first kappa shape index (κ1) is 12.0. The minimum atomic E-state index is 0.119. The van der Waals surface area contributed by atoms with E-state index >= 15 is 0 Å². The summed E-state index contributed by atoms with van der Waals surface area (Å²) in [6.07, 6.45) is 2.23. The number of aliphatic imine (C=N–C) groups is 1. The van der Waals surface area contributed by atoms with E-state index in [-0.39, 0.29) is 6.10 Å². The Morgan fingerprint density at radius 2 is 1.74 bits per heavy atom. The highest BCUT2D eigenvalue weighted by molar-refractivity contribution is 5.97. The van der Waals surface area contributed by atoms with Crippen LogP contribution in [0.2, 0.25) is 0 Å². The number of rotatable bonds is 3. The van der Waals surface area contributed by atoms with Crippen LogP contribution in [-0.2, 0) is 4.74 Å². The van der Waals surface area contributed by atoms with Crippen molar-refractivity contribution in [1.29, 1.82) is 0 Å². The summed E-state index contributed by atoms with van der Waals surface area (Å²) in [4.78, 5) is 4.64. The Balaban J connectivity index is 2.03. The second-order valence-corrected chi connectivity index (χ2v) is 4.74. The van der Waals surface area contributed by atoms with Gasteiger partial charge in [-0.2, -0.15) is 0 Å². The number of hydrogen-bond donors (Lipinski definition) is 0. The fraction of sp³-hybridized carbons (Fsp3) is 0.235. The lowest BCUT2D eigenvalue weighted by Crippen LogP contribution is -2.16. The van der Waals surface area contributed by atoms with Crippen molar-refractivity contribution in [3.05, 3.63) is 65.7 Å². The maximum absolute atomic E-state index is 6.09. The van der Waals surface area contributed by atoms with Gasteiger partial charge in [-0.15, -0.1) is 0 Å². The Morgan fingerprint density at radius 1 is 1.00 bits per heavy atom. The molecule has 0 aromatic heterocycles. The Bertz CT molecular complexity index is 589. The molecule has 19 heavy (non-hydrogen) atoms. The molecule has 2 aromatic carbocycles. The number of fused-ring (bicyclic) bond motifs is 1. The number of ether oxygens (including phenoxy) is 1. The van der Waals surface area contributed by atoms with E-state index in [1.807, 2.05) is 42.5 Å².